The van der Waals surface area contributed by atoms with Crippen LogP contribution in [0.1, 0.15) is 41.6 Å². The largest absolute Gasteiger partial charge is 0.480 e. The van der Waals surface area contributed by atoms with Gasteiger partial charge in [0.15, 0.2) is 0 Å². The highest BCUT2D eigenvalue weighted by molar-refractivity contribution is 6.00. The van der Waals surface area contributed by atoms with E-state index in [-0.39, 0.29) is 30.4 Å². The number of amides is 2. The van der Waals surface area contributed by atoms with Crippen molar-refractivity contribution in [2.24, 2.45) is 5.16 Å². The minimum Gasteiger partial charge on any atom is -0.480 e. The van der Waals surface area contributed by atoms with Crippen molar-refractivity contribution in [2.75, 3.05) is 6.54 Å². The second-order valence-corrected chi connectivity index (χ2v) is 7.76. The number of rotatable bonds is 9. The summed E-state index contributed by atoms with van der Waals surface area (Å²) in [5.41, 5.74) is 1.67. The zero-order valence-electron chi connectivity index (χ0n) is 17.7. The van der Waals surface area contributed by atoms with E-state index in [4.69, 9.17) is 0 Å². The first-order valence-corrected chi connectivity index (χ1v) is 10.6. The van der Waals surface area contributed by atoms with Crippen molar-refractivity contribution in [3.05, 3.63) is 71.8 Å². The van der Waals surface area contributed by atoms with Crippen LogP contribution in [-0.2, 0) is 16.0 Å². The Bertz CT molecular complexity index is 962. The number of hydrogen-bond donors (Lipinski definition) is 3. The van der Waals surface area contributed by atoms with Crippen LogP contribution in [0.2, 0.25) is 0 Å². The zero-order chi connectivity index (χ0) is 22.9. The van der Waals surface area contributed by atoms with Crippen LogP contribution in [0.15, 0.2) is 65.8 Å². The third kappa shape index (κ3) is 5.94. The number of oxime groups is 1. The molecular formula is C24H27N3O5. The summed E-state index contributed by atoms with van der Waals surface area (Å²) in [5, 5.41) is 25.3. The molecule has 2 atom stereocenters. The average molecular weight is 437 g/mol. The number of carboxylic acid groups (broad SMARTS) is 1. The van der Waals surface area contributed by atoms with Gasteiger partial charge in [-0.1, -0.05) is 53.7 Å². The first kappa shape index (κ1) is 23.0. The monoisotopic (exact) mass is 437 g/mol. The van der Waals surface area contributed by atoms with Crippen molar-refractivity contribution in [3.63, 3.8) is 0 Å². The van der Waals surface area contributed by atoms with Crippen LogP contribution < -0.4 is 5.32 Å². The predicted molar refractivity (Wildman–Crippen MR) is 119 cm³/mol. The molecule has 8 nitrogen and oxygen atoms in total. The normalized spacial score (nSPS) is 17.1. The third-order valence-electron chi connectivity index (χ3n) is 5.61. The summed E-state index contributed by atoms with van der Waals surface area (Å²) in [4.78, 5) is 38.1. The molecule has 3 N–H and O–H groups in total. The molecule has 1 heterocycles. The molecule has 1 aliphatic rings. The second-order valence-electron chi connectivity index (χ2n) is 7.76. The van der Waals surface area contributed by atoms with Gasteiger partial charge in [0.25, 0.3) is 5.91 Å². The summed E-state index contributed by atoms with van der Waals surface area (Å²) in [6.45, 7) is 0.402. The Hall–Kier alpha value is -3.68. The van der Waals surface area contributed by atoms with E-state index in [0.717, 1.165) is 5.56 Å². The molecule has 0 unspecified atom stereocenters. The SMILES string of the molecule is O=C(N[C@@H](Cc1ccccc1)C(CCC(=O)N1CCC[C@H]1C(=O)O)=NO)c1ccccc1. The average Bonchev–Trinajstić information content (AvgIpc) is 3.31. The van der Waals surface area contributed by atoms with Crippen LogP contribution in [0.3, 0.4) is 0 Å². The van der Waals surface area contributed by atoms with E-state index >= 15 is 0 Å². The molecule has 168 valence electrons. The number of likely N-dealkylation sites (tertiary alicyclic amines) is 1. The van der Waals surface area contributed by atoms with Crippen LogP contribution in [0, 0.1) is 0 Å². The number of nitrogens with one attached hydrogen (secondary N) is 1. The van der Waals surface area contributed by atoms with Gasteiger partial charge in [-0.3, -0.25) is 9.59 Å². The highest BCUT2D eigenvalue weighted by atomic mass is 16.4. The molecular weight excluding hydrogens is 410 g/mol. The summed E-state index contributed by atoms with van der Waals surface area (Å²) < 4.78 is 0. The van der Waals surface area contributed by atoms with Gasteiger partial charge in [-0.15, -0.1) is 0 Å². The molecule has 2 amide bonds. The fraction of sp³-hybridized carbons (Fsp3) is 0.333. The number of nitrogens with zero attached hydrogens (tertiary/aromatic N) is 2. The number of hydrogen-bond acceptors (Lipinski definition) is 5. The van der Waals surface area contributed by atoms with E-state index in [2.05, 4.69) is 10.5 Å². The van der Waals surface area contributed by atoms with Gasteiger partial charge >= 0.3 is 5.97 Å². The van der Waals surface area contributed by atoms with Gasteiger partial charge < -0.3 is 20.5 Å². The Labute approximate surface area is 186 Å². The number of benzene rings is 2. The highest BCUT2D eigenvalue weighted by Gasteiger charge is 2.34. The van der Waals surface area contributed by atoms with Gasteiger partial charge in [-0.05, 0) is 43.4 Å². The highest BCUT2D eigenvalue weighted by Crippen LogP contribution is 2.19. The van der Waals surface area contributed by atoms with Gasteiger partial charge in [0, 0.05) is 18.5 Å². The topological polar surface area (TPSA) is 119 Å². The summed E-state index contributed by atoms with van der Waals surface area (Å²) >= 11 is 0. The fourth-order valence-electron chi connectivity index (χ4n) is 3.93. The molecule has 0 radical (unpaired) electrons. The molecule has 32 heavy (non-hydrogen) atoms. The van der Waals surface area contributed by atoms with Crippen LogP contribution in [-0.4, -0.2) is 57.3 Å². The first-order valence-electron chi connectivity index (χ1n) is 10.6. The van der Waals surface area contributed by atoms with Crippen molar-refractivity contribution in [2.45, 2.75) is 44.2 Å². The third-order valence-corrected chi connectivity index (χ3v) is 5.61. The maximum Gasteiger partial charge on any atom is 0.326 e. The van der Waals surface area contributed by atoms with E-state index in [1.807, 2.05) is 36.4 Å². The van der Waals surface area contributed by atoms with Crippen LogP contribution in [0.25, 0.3) is 0 Å². The molecule has 0 aromatic heterocycles. The summed E-state index contributed by atoms with van der Waals surface area (Å²) in [7, 11) is 0. The Kier molecular flexibility index (Phi) is 7.96. The Morgan fingerprint density at radius 1 is 1.03 bits per heavy atom. The molecule has 8 heteroatoms. The maximum atomic E-state index is 12.7. The predicted octanol–water partition coefficient (Wildman–Crippen LogP) is 2.71. The molecule has 2 aromatic rings. The Balaban J connectivity index is 1.72. The lowest BCUT2D eigenvalue weighted by Gasteiger charge is -2.23. The number of carbonyl (C=O) groups excluding carboxylic acids is 2. The van der Waals surface area contributed by atoms with Gasteiger partial charge in [0.1, 0.15) is 6.04 Å². The molecule has 0 saturated carbocycles. The quantitative estimate of drug-likeness (QED) is 0.317. The van der Waals surface area contributed by atoms with E-state index in [9.17, 15) is 24.7 Å². The summed E-state index contributed by atoms with van der Waals surface area (Å²) in [5.74, 6) is -1.63. The van der Waals surface area contributed by atoms with Crippen molar-refractivity contribution in [1.29, 1.82) is 0 Å². The van der Waals surface area contributed by atoms with Crippen LogP contribution in [0.4, 0.5) is 0 Å². The van der Waals surface area contributed by atoms with E-state index in [1.165, 1.54) is 4.90 Å². The molecule has 0 spiro atoms. The molecule has 0 aliphatic carbocycles. The van der Waals surface area contributed by atoms with Gasteiger partial charge in [-0.2, -0.15) is 0 Å². The van der Waals surface area contributed by atoms with Gasteiger partial charge in [-0.25, -0.2) is 4.79 Å². The van der Waals surface area contributed by atoms with Crippen molar-refractivity contribution < 1.29 is 24.7 Å². The van der Waals surface area contributed by atoms with Crippen molar-refractivity contribution >= 4 is 23.5 Å². The van der Waals surface area contributed by atoms with Crippen molar-refractivity contribution in [1.82, 2.24) is 10.2 Å². The van der Waals surface area contributed by atoms with E-state index < -0.39 is 18.1 Å². The first-order chi connectivity index (χ1) is 15.5. The Morgan fingerprint density at radius 2 is 1.69 bits per heavy atom. The molecule has 3 rings (SSSR count). The molecule has 1 aliphatic heterocycles. The summed E-state index contributed by atoms with van der Waals surface area (Å²) in [6.07, 6.45) is 1.56. The molecule has 0 bridgehead atoms. The standard InChI is InChI=1S/C24H27N3O5/c28-22(27-15-7-12-21(27)24(30)31)14-13-19(26-32)20(16-17-8-3-1-4-9-17)25-23(29)18-10-5-2-6-11-18/h1-6,8-11,20-21,32H,7,12-16H2,(H,25,29)(H,30,31)/t20-,21-/m0/s1. The smallest absolute Gasteiger partial charge is 0.326 e. The van der Waals surface area contributed by atoms with Crippen LogP contribution >= 0.6 is 0 Å². The fourth-order valence-corrected chi connectivity index (χ4v) is 3.93. The lowest BCUT2D eigenvalue weighted by molar-refractivity contribution is -0.148. The molecule has 2 aromatic carbocycles. The van der Waals surface area contributed by atoms with Gasteiger partial charge in [0.2, 0.25) is 5.91 Å². The second kappa shape index (κ2) is 11.1. The summed E-state index contributed by atoms with van der Waals surface area (Å²) in [6, 6.07) is 16.7. The Morgan fingerprint density at radius 3 is 2.31 bits per heavy atom. The molecule has 1 saturated heterocycles. The zero-order valence-corrected chi connectivity index (χ0v) is 17.7. The minimum absolute atomic E-state index is 0.00430. The number of aliphatic carboxylic acids is 1. The van der Waals surface area contributed by atoms with Gasteiger partial charge in [0.05, 0.1) is 11.8 Å². The van der Waals surface area contributed by atoms with E-state index in [1.54, 1.807) is 24.3 Å². The lowest BCUT2D eigenvalue weighted by Crippen LogP contribution is -2.44. The van der Waals surface area contributed by atoms with Crippen LogP contribution in [0.5, 0.6) is 0 Å². The van der Waals surface area contributed by atoms with Crippen molar-refractivity contribution in [3.8, 4) is 0 Å². The lowest BCUT2D eigenvalue weighted by atomic mass is 9.98. The van der Waals surface area contributed by atoms with E-state index in [0.29, 0.717) is 31.4 Å². The maximum absolute atomic E-state index is 12.7. The number of carbonyl (C=O) groups is 3. The molecule has 1 fully saturated rings. The number of carboxylic acids is 1. The minimum atomic E-state index is -1.01.